The van der Waals surface area contributed by atoms with Crippen LogP contribution in [0.4, 0.5) is 0 Å². The van der Waals surface area contributed by atoms with E-state index >= 15 is 0 Å². The molecule has 1 aromatic rings. The van der Waals surface area contributed by atoms with Crippen LogP contribution in [0.5, 0.6) is 0 Å². The van der Waals surface area contributed by atoms with E-state index < -0.39 is 0 Å². The summed E-state index contributed by atoms with van der Waals surface area (Å²) in [5.41, 5.74) is 1.28. The predicted molar refractivity (Wildman–Crippen MR) is 72.0 cm³/mol. The molecule has 0 heterocycles. The first-order valence-electron chi connectivity index (χ1n) is 6.04. The van der Waals surface area contributed by atoms with Gasteiger partial charge in [0.1, 0.15) is 0 Å². The molecule has 2 heteroatoms. The lowest BCUT2D eigenvalue weighted by Gasteiger charge is -2.19. The van der Waals surface area contributed by atoms with Gasteiger partial charge in [0.2, 0.25) is 0 Å². The van der Waals surface area contributed by atoms with Crippen molar-refractivity contribution in [2.75, 3.05) is 5.75 Å². The monoisotopic (exact) mass is 238 g/mol. The number of aliphatic hydroxyl groups excluding tert-OH is 1. The summed E-state index contributed by atoms with van der Waals surface area (Å²) in [7, 11) is 0. The largest absolute Gasteiger partial charge is 0.392 e. The first kappa shape index (κ1) is 13.6. The van der Waals surface area contributed by atoms with E-state index in [0.717, 1.165) is 18.6 Å². The molecule has 1 rings (SSSR count). The van der Waals surface area contributed by atoms with Gasteiger partial charge in [-0.3, -0.25) is 0 Å². The predicted octanol–water partition coefficient (Wildman–Crippen LogP) is 3.88. The van der Waals surface area contributed by atoms with E-state index in [2.05, 4.69) is 45.0 Å². The van der Waals surface area contributed by atoms with Gasteiger partial charge in [-0.2, -0.15) is 0 Å². The summed E-state index contributed by atoms with van der Waals surface area (Å²) in [6.45, 7) is 6.38. The topological polar surface area (TPSA) is 20.2 Å². The molecule has 1 nitrogen and oxygen atoms in total. The van der Waals surface area contributed by atoms with E-state index in [4.69, 9.17) is 0 Å². The second-order valence-corrected chi connectivity index (χ2v) is 5.36. The molecule has 90 valence electrons. The van der Waals surface area contributed by atoms with Crippen molar-refractivity contribution in [2.45, 2.75) is 44.6 Å². The van der Waals surface area contributed by atoms with E-state index in [1.54, 1.807) is 11.8 Å². The standard InChI is InChI=1S/C14H22OS/c1-4-12(5-2)14(15)10-16-13-8-6-11(3)7-9-13/h6-9,12,14-15H,4-5,10H2,1-3H3. The summed E-state index contributed by atoms with van der Waals surface area (Å²) in [5, 5.41) is 10.0. The molecule has 0 amide bonds. The van der Waals surface area contributed by atoms with Crippen molar-refractivity contribution in [3.8, 4) is 0 Å². The molecule has 1 aromatic carbocycles. The summed E-state index contributed by atoms with van der Waals surface area (Å²) in [6.07, 6.45) is 1.94. The van der Waals surface area contributed by atoms with E-state index in [1.807, 2.05) is 0 Å². The minimum absolute atomic E-state index is 0.179. The van der Waals surface area contributed by atoms with Gasteiger partial charge in [-0.25, -0.2) is 0 Å². The second kappa shape index (κ2) is 6.97. The Labute approximate surface area is 103 Å². The fourth-order valence-electron chi connectivity index (χ4n) is 1.79. The van der Waals surface area contributed by atoms with Crippen LogP contribution in [-0.4, -0.2) is 17.0 Å². The number of rotatable bonds is 6. The molecule has 0 spiro atoms. The van der Waals surface area contributed by atoms with Crippen molar-refractivity contribution in [3.63, 3.8) is 0 Å². The van der Waals surface area contributed by atoms with Crippen LogP contribution in [0, 0.1) is 12.8 Å². The lowest BCUT2D eigenvalue weighted by atomic mass is 9.98. The van der Waals surface area contributed by atoms with Crippen LogP contribution in [0.1, 0.15) is 32.3 Å². The molecule has 0 saturated carbocycles. The van der Waals surface area contributed by atoms with Crippen molar-refractivity contribution >= 4 is 11.8 Å². The quantitative estimate of drug-likeness (QED) is 0.759. The molecular formula is C14H22OS. The molecule has 16 heavy (non-hydrogen) atoms. The summed E-state index contributed by atoms with van der Waals surface area (Å²) in [6, 6.07) is 8.48. The number of benzene rings is 1. The molecular weight excluding hydrogens is 216 g/mol. The third-order valence-electron chi connectivity index (χ3n) is 3.03. The zero-order valence-corrected chi connectivity index (χ0v) is 11.3. The Hall–Kier alpha value is -0.470. The van der Waals surface area contributed by atoms with Gasteiger partial charge in [0.05, 0.1) is 6.10 Å². The molecule has 1 N–H and O–H groups in total. The lowest BCUT2D eigenvalue weighted by Crippen LogP contribution is -2.21. The highest BCUT2D eigenvalue weighted by Crippen LogP contribution is 2.23. The van der Waals surface area contributed by atoms with E-state index in [9.17, 15) is 5.11 Å². The number of aryl methyl sites for hydroxylation is 1. The van der Waals surface area contributed by atoms with Crippen LogP contribution in [-0.2, 0) is 0 Å². The SMILES string of the molecule is CCC(CC)C(O)CSc1ccc(C)cc1. The Kier molecular flexibility index (Phi) is 5.93. The van der Waals surface area contributed by atoms with Crippen LogP contribution in [0.25, 0.3) is 0 Å². The van der Waals surface area contributed by atoms with Crippen LogP contribution < -0.4 is 0 Å². The molecule has 0 fully saturated rings. The smallest absolute Gasteiger partial charge is 0.0662 e. The summed E-state index contributed by atoms with van der Waals surface area (Å²) >= 11 is 1.75. The van der Waals surface area contributed by atoms with Gasteiger partial charge in [0.25, 0.3) is 0 Å². The number of aliphatic hydroxyl groups is 1. The zero-order valence-electron chi connectivity index (χ0n) is 10.4. The van der Waals surface area contributed by atoms with Gasteiger partial charge >= 0.3 is 0 Å². The number of hydrogen-bond donors (Lipinski definition) is 1. The Morgan fingerprint density at radius 1 is 1.12 bits per heavy atom. The summed E-state index contributed by atoms with van der Waals surface area (Å²) in [5.74, 6) is 1.24. The molecule has 0 aliphatic carbocycles. The van der Waals surface area contributed by atoms with Crippen LogP contribution in [0.3, 0.4) is 0 Å². The summed E-state index contributed by atoms with van der Waals surface area (Å²) < 4.78 is 0. The third kappa shape index (κ3) is 4.18. The first-order valence-corrected chi connectivity index (χ1v) is 7.03. The molecule has 0 bridgehead atoms. The zero-order chi connectivity index (χ0) is 12.0. The Bertz CT molecular complexity index is 290. The Morgan fingerprint density at radius 3 is 2.19 bits per heavy atom. The fraction of sp³-hybridized carbons (Fsp3) is 0.571. The maximum atomic E-state index is 10.0. The van der Waals surface area contributed by atoms with Crippen molar-refractivity contribution in [3.05, 3.63) is 29.8 Å². The van der Waals surface area contributed by atoms with Crippen molar-refractivity contribution in [2.24, 2.45) is 5.92 Å². The second-order valence-electron chi connectivity index (χ2n) is 4.27. The van der Waals surface area contributed by atoms with Gasteiger partial charge in [-0.1, -0.05) is 44.4 Å². The highest BCUT2D eigenvalue weighted by molar-refractivity contribution is 7.99. The highest BCUT2D eigenvalue weighted by atomic mass is 32.2. The van der Waals surface area contributed by atoms with E-state index in [-0.39, 0.29) is 6.10 Å². The van der Waals surface area contributed by atoms with Gasteiger partial charge < -0.3 is 5.11 Å². The highest BCUT2D eigenvalue weighted by Gasteiger charge is 2.15. The Balaban J connectivity index is 2.42. The molecule has 0 aliphatic heterocycles. The number of thioether (sulfide) groups is 1. The average molecular weight is 238 g/mol. The van der Waals surface area contributed by atoms with Crippen molar-refractivity contribution in [1.82, 2.24) is 0 Å². The third-order valence-corrected chi connectivity index (χ3v) is 4.15. The maximum Gasteiger partial charge on any atom is 0.0662 e. The van der Waals surface area contributed by atoms with Gasteiger partial charge in [-0.05, 0) is 25.0 Å². The fourth-order valence-corrected chi connectivity index (χ4v) is 2.75. The van der Waals surface area contributed by atoms with E-state index in [1.165, 1.54) is 10.5 Å². The first-order chi connectivity index (χ1) is 7.67. The average Bonchev–Trinajstić information content (AvgIpc) is 2.30. The minimum atomic E-state index is -0.179. The van der Waals surface area contributed by atoms with Crippen LogP contribution in [0.2, 0.25) is 0 Å². The normalized spacial score (nSPS) is 13.1. The molecule has 0 aromatic heterocycles. The maximum absolute atomic E-state index is 10.0. The number of hydrogen-bond acceptors (Lipinski definition) is 2. The lowest BCUT2D eigenvalue weighted by molar-refractivity contribution is 0.125. The van der Waals surface area contributed by atoms with Gasteiger partial charge in [0, 0.05) is 10.6 Å². The molecule has 1 unspecified atom stereocenters. The van der Waals surface area contributed by atoms with E-state index in [0.29, 0.717) is 5.92 Å². The molecule has 0 saturated heterocycles. The summed E-state index contributed by atoms with van der Waals surface area (Å²) in [4.78, 5) is 1.25. The molecule has 1 atom stereocenters. The molecule has 0 radical (unpaired) electrons. The van der Waals surface area contributed by atoms with Crippen LogP contribution >= 0.6 is 11.8 Å². The van der Waals surface area contributed by atoms with Crippen molar-refractivity contribution in [1.29, 1.82) is 0 Å². The van der Waals surface area contributed by atoms with Gasteiger partial charge in [-0.15, -0.1) is 11.8 Å². The van der Waals surface area contributed by atoms with Crippen molar-refractivity contribution < 1.29 is 5.11 Å². The Morgan fingerprint density at radius 2 is 1.69 bits per heavy atom. The van der Waals surface area contributed by atoms with Crippen LogP contribution in [0.15, 0.2) is 29.2 Å². The minimum Gasteiger partial charge on any atom is -0.392 e. The molecule has 0 aliphatic rings. The van der Waals surface area contributed by atoms with Gasteiger partial charge in [0.15, 0.2) is 0 Å².